The zero-order valence-electron chi connectivity index (χ0n) is 19.8. The zero-order valence-corrected chi connectivity index (χ0v) is 19.8. The van der Waals surface area contributed by atoms with Crippen LogP contribution in [0, 0.1) is 5.92 Å². The van der Waals surface area contributed by atoms with E-state index in [0.29, 0.717) is 25.3 Å². The summed E-state index contributed by atoms with van der Waals surface area (Å²) in [4.78, 5) is 55.2. The van der Waals surface area contributed by atoms with Crippen LogP contribution in [0.25, 0.3) is 0 Å². The summed E-state index contributed by atoms with van der Waals surface area (Å²) in [5, 5.41) is 2.85. The molecule has 1 heterocycles. The molecule has 1 N–H and O–H groups in total. The molecule has 0 aromatic heterocycles. The largest absolute Gasteiger partial charge is 0.459 e. The Bertz CT molecular complexity index is 693. The molecule has 9 nitrogen and oxygen atoms in total. The van der Waals surface area contributed by atoms with Crippen LogP contribution in [0.4, 0.5) is 4.79 Å². The molecule has 0 atom stereocenters. The molecule has 2 aliphatic rings. The maximum Gasteiger partial charge on any atom is 0.326 e. The summed E-state index contributed by atoms with van der Waals surface area (Å²) in [5.74, 6) is -0.728. The molecule has 4 amide bonds. The number of esters is 1. The predicted molar refractivity (Wildman–Crippen MR) is 116 cm³/mol. The highest BCUT2D eigenvalue weighted by molar-refractivity contribution is 6.09. The van der Waals surface area contributed by atoms with E-state index in [2.05, 4.69) is 12.2 Å². The summed E-state index contributed by atoms with van der Waals surface area (Å²) in [5.41, 5.74) is -1.55. The predicted octanol–water partition coefficient (Wildman–Crippen LogP) is 1.61. The highest BCUT2D eigenvalue weighted by atomic mass is 16.6. The summed E-state index contributed by atoms with van der Waals surface area (Å²) < 4.78 is 5.34. The number of nitrogens with one attached hydrogen (secondary N) is 1. The fourth-order valence-corrected chi connectivity index (χ4v) is 4.11. The van der Waals surface area contributed by atoms with Crippen molar-refractivity contribution in [1.29, 1.82) is 0 Å². The molecule has 2 fully saturated rings. The number of nitrogens with zero attached hydrogens (tertiary/aromatic N) is 3. The summed E-state index contributed by atoms with van der Waals surface area (Å²) in [6.45, 7) is 7.64. The van der Waals surface area contributed by atoms with Gasteiger partial charge in [0.15, 0.2) is 0 Å². The van der Waals surface area contributed by atoms with Crippen LogP contribution in [0.3, 0.4) is 0 Å². The Labute approximate surface area is 185 Å². The molecular weight excluding hydrogens is 400 g/mol. The van der Waals surface area contributed by atoms with Gasteiger partial charge in [-0.25, -0.2) is 4.79 Å². The molecule has 1 saturated carbocycles. The number of hydrogen-bond donors (Lipinski definition) is 1. The molecular formula is C22H38N4O5. The number of amides is 4. The van der Waals surface area contributed by atoms with Gasteiger partial charge in [-0.2, -0.15) is 0 Å². The van der Waals surface area contributed by atoms with E-state index in [4.69, 9.17) is 4.74 Å². The summed E-state index contributed by atoms with van der Waals surface area (Å²) in [6.07, 6.45) is 4.04. The van der Waals surface area contributed by atoms with Gasteiger partial charge in [0.2, 0.25) is 5.91 Å². The fraction of sp³-hybridized carbons (Fsp3) is 0.818. The minimum absolute atomic E-state index is 0.225. The molecule has 9 heteroatoms. The van der Waals surface area contributed by atoms with Gasteiger partial charge in [-0.1, -0.05) is 13.3 Å². The van der Waals surface area contributed by atoms with E-state index in [0.717, 1.165) is 24.2 Å². The maximum atomic E-state index is 13.1. The van der Waals surface area contributed by atoms with E-state index in [1.165, 1.54) is 4.90 Å². The van der Waals surface area contributed by atoms with Gasteiger partial charge in [0, 0.05) is 13.1 Å². The smallest absolute Gasteiger partial charge is 0.326 e. The normalized spacial score (nSPS) is 24.0. The van der Waals surface area contributed by atoms with Crippen molar-refractivity contribution < 1.29 is 23.9 Å². The third kappa shape index (κ3) is 6.66. The van der Waals surface area contributed by atoms with Crippen molar-refractivity contribution in [2.45, 2.75) is 70.9 Å². The van der Waals surface area contributed by atoms with E-state index in [-0.39, 0.29) is 25.5 Å². The lowest BCUT2D eigenvalue weighted by atomic mass is 9.75. The van der Waals surface area contributed by atoms with Crippen LogP contribution in [0.5, 0.6) is 0 Å². The quantitative estimate of drug-likeness (QED) is 0.457. The van der Waals surface area contributed by atoms with Gasteiger partial charge in [0.25, 0.3) is 5.91 Å². The van der Waals surface area contributed by atoms with Crippen LogP contribution < -0.4 is 5.32 Å². The van der Waals surface area contributed by atoms with Gasteiger partial charge in [0.1, 0.15) is 24.2 Å². The molecule has 1 spiro atoms. The zero-order chi connectivity index (χ0) is 23.4. The molecule has 1 aliphatic carbocycles. The van der Waals surface area contributed by atoms with Crippen molar-refractivity contribution >= 4 is 23.8 Å². The highest BCUT2D eigenvalue weighted by Crippen LogP contribution is 2.37. The van der Waals surface area contributed by atoms with Crippen molar-refractivity contribution in [3.05, 3.63) is 0 Å². The molecule has 176 valence electrons. The molecule has 0 bridgehead atoms. The summed E-state index contributed by atoms with van der Waals surface area (Å²) in [6, 6.07) is -0.530. The summed E-state index contributed by atoms with van der Waals surface area (Å²) >= 11 is 0. The standard InChI is InChI=1S/C22H38N4O5/c1-7-16-8-10-22(11-9-16)19(29)26(20(30)23-22)14-17(27)25(13-12-24(5)6)15-18(28)31-21(2,3)4/h16H,7-15H2,1-6H3,(H,23,30). The number of urea groups is 1. The van der Waals surface area contributed by atoms with Gasteiger partial charge in [-0.3, -0.25) is 19.3 Å². The lowest BCUT2D eigenvalue weighted by Gasteiger charge is -2.34. The van der Waals surface area contributed by atoms with E-state index in [1.54, 1.807) is 20.8 Å². The molecule has 0 unspecified atom stereocenters. The van der Waals surface area contributed by atoms with E-state index < -0.39 is 29.0 Å². The number of ether oxygens (including phenoxy) is 1. The first-order valence-corrected chi connectivity index (χ1v) is 11.2. The Kier molecular flexibility index (Phi) is 8.08. The molecule has 1 saturated heterocycles. The Hall–Kier alpha value is -2.16. The fourth-order valence-electron chi connectivity index (χ4n) is 4.11. The van der Waals surface area contributed by atoms with Crippen LogP contribution in [0.1, 0.15) is 59.8 Å². The van der Waals surface area contributed by atoms with E-state index in [1.807, 2.05) is 19.0 Å². The second-order valence-corrected chi connectivity index (χ2v) is 9.96. The molecule has 0 aromatic carbocycles. The van der Waals surface area contributed by atoms with Crippen LogP contribution in [-0.4, -0.2) is 89.9 Å². The minimum atomic E-state index is -0.886. The van der Waals surface area contributed by atoms with Gasteiger partial charge < -0.3 is 19.9 Å². The third-order valence-electron chi connectivity index (χ3n) is 5.99. The van der Waals surface area contributed by atoms with Crippen molar-refractivity contribution in [2.24, 2.45) is 5.92 Å². The molecule has 0 radical (unpaired) electrons. The van der Waals surface area contributed by atoms with Crippen LogP contribution in [0.2, 0.25) is 0 Å². The van der Waals surface area contributed by atoms with Crippen molar-refractivity contribution in [1.82, 2.24) is 20.0 Å². The molecule has 2 rings (SSSR count). The second-order valence-electron chi connectivity index (χ2n) is 9.96. The first-order valence-electron chi connectivity index (χ1n) is 11.2. The lowest BCUT2D eigenvalue weighted by Crippen LogP contribution is -2.50. The van der Waals surface area contributed by atoms with E-state index >= 15 is 0 Å². The first kappa shape index (κ1) is 25.1. The van der Waals surface area contributed by atoms with Crippen LogP contribution in [-0.2, 0) is 19.1 Å². The van der Waals surface area contributed by atoms with Crippen LogP contribution in [0.15, 0.2) is 0 Å². The van der Waals surface area contributed by atoms with Gasteiger partial charge in [-0.05, 0) is 66.5 Å². The maximum absolute atomic E-state index is 13.1. The van der Waals surface area contributed by atoms with Gasteiger partial charge in [-0.15, -0.1) is 0 Å². The topological polar surface area (TPSA) is 99.3 Å². The minimum Gasteiger partial charge on any atom is -0.459 e. The average molecular weight is 439 g/mol. The van der Waals surface area contributed by atoms with Crippen LogP contribution >= 0.6 is 0 Å². The first-order chi connectivity index (χ1) is 14.4. The van der Waals surface area contributed by atoms with Gasteiger partial charge >= 0.3 is 12.0 Å². The molecule has 1 aliphatic heterocycles. The number of carbonyl (C=O) groups is 4. The molecule has 31 heavy (non-hydrogen) atoms. The third-order valence-corrected chi connectivity index (χ3v) is 5.99. The Balaban J connectivity index is 2.06. The number of hydrogen-bond acceptors (Lipinski definition) is 6. The second kappa shape index (κ2) is 9.97. The SMILES string of the molecule is CCC1CCC2(CC1)NC(=O)N(CC(=O)N(CCN(C)C)CC(=O)OC(C)(C)C)C2=O. The Morgan fingerprint density at radius 2 is 1.77 bits per heavy atom. The van der Waals surface area contributed by atoms with Crippen molar-refractivity contribution in [2.75, 3.05) is 40.3 Å². The van der Waals surface area contributed by atoms with Gasteiger partial charge in [0.05, 0.1) is 0 Å². The van der Waals surface area contributed by atoms with Crippen molar-refractivity contribution in [3.63, 3.8) is 0 Å². The number of rotatable bonds is 8. The summed E-state index contributed by atoms with van der Waals surface area (Å²) in [7, 11) is 3.73. The highest BCUT2D eigenvalue weighted by Gasteiger charge is 2.52. The number of imide groups is 1. The number of likely N-dealkylation sites (N-methyl/N-ethyl adjacent to an activating group) is 1. The van der Waals surface area contributed by atoms with Crippen molar-refractivity contribution in [3.8, 4) is 0 Å². The van der Waals surface area contributed by atoms with E-state index in [9.17, 15) is 19.2 Å². The average Bonchev–Trinajstić information content (AvgIpc) is 2.88. The lowest BCUT2D eigenvalue weighted by molar-refractivity contribution is -0.159. The Morgan fingerprint density at radius 3 is 2.29 bits per heavy atom. The Morgan fingerprint density at radius 1 is 1.16 bits per heavy atom. The molecule has 0 aromatic rings. The number of carbonyl (C=O) groups excluding carboxylic acids is 4. The monoisotopic (exact) mass is 438 g/mol.